The van der Waals surface area contributed by atoms with Gasteiger partial charge in [-0.1, -0.05) is 46.3 Å². The van der Waals surface area contributed by atoms with Crippen LogP contribution in [0.5, 0.6) is 0 Å². The smallest absolute Gasteiger partial charge is 0.407 e. The highest BCUT2D eigenvalue weighted by Crippen LogP contribution is 2.20. The molecule has 6 nitrogen and oxygen atoms in total. The highest BCUT2D eigenvalue weighted by molar-refractivity contribution is 9.10. The Balaban J connectivity index is 1.39. The average molecular weight is 416 g/mol. The number of hydrogen-bond acceptors (Lipinski definition) is 3. The molecule has 1 heterocycles. The first-order valence-electron chi connectivity index (χ1n) is 8.13. The van der Waals surface area contributed by atoms with E-state index in [2.05, 4.69) is 31.5 Å². The van der Waals surface area contributed by atoms with Gasteiger partial charge in [0.05, 0.1) is 0 Å². The normalized spacial score (nSPS) is 10.5. The maximum atomic E-state index is 12.2. The molecule has 0 saturated carbocycles. The third kappa shape index (κ3) is 4.86. The summed E-state index contributed by atoms with van der Waals surface area (Å²) < 4.78 is 6.05. The van der Waals surface area contributed by atoms with Crippen molar-refractivity contribution in [3.8, 4) is 0 Å². The quantitative estimate of drug-likeness (QED) is 0.537. The molecule has 0 atom stereocenters. The van der Waals surface area contributed by atoms with Gasteiger partial charge in [-0.3, -0.25) is 4.79 Å². The number of amides is 2. The average Bonchev–Trinajstić information content (AvgIpc) is 3.07. The first-order valence-corrected chi connectivity index (χ1v) is 8.92. The molecule has 0 aliphatic heterocycles. The van der Waals surface area contributed by atoms with Crippen molar-refractivity contribution in [3.05, 3.63) is 70.3 Å². The Bertz CT molecular complexity index is 909. The van der Waals surface area contributed by atoms with Gasteiger partial charge in [0.25, 0.3) is 5.91 Å². The molecule has 3 rings (SSSR count). The van der Waals surface area contributed by atoms with Crippen LogP contribution in [0.15, 0.2) is 59.1 Å². The second kappa shape index (κ2) is 8.53. The lowest BCUT2D eigenvalue weighted by Gasteiger charge is -2.07. The minimum atomic E-state index is -0.515. The molecule has 0 aliphatic rings. The molecule has 7 heteroatoms. The van der Waals surface area contributed by atoms with Crippen LogP contribution < -0.4 is 10.6 Å². The van der Waals surface area contributed by atoms with Gasteiger partial charge >= 0.3 is 6.09 Å². The number of hydrogen-bond donors (Lipinski definition) is 3. The fraction of sp³-hybridized carbons (Fsp3) is 0.158. The number of aromatic nitrogens is 1. The van der Waals surface area contributed by atoms with E-state index in [-0.39, 0.29) is 19.1 Å². The molecule has 0 saturated heterocycles. The zero-order valence-corrected chi connectivity index (χ0v) is 15.5. The topological polar surface area (TPSA) is 83.2 Å². The van der Waals surface area contributed by atoms with Crippen molar-refractivity contribution in [2.24, 2.45) is 0 Å². The zero-order chi connectivity index (χ0) is 18.4. The maximum absolute atomic E-state index is 12.2. The minimum absolute atomic E-state index is 0.212. The number of rotatable bonds is 6. The number of benzene rings is 2. The summed E-state index contributed by atoms with van der Waals surface area (Å²) in [7, 11) is 0. The van der Waals surface area contributed by atoms with E-state index in [4.69, 9.17) is 4.74 Å². The van der Waals surface area contributed by atoms with Crippen molar-refractivity contribution in [3.63, 3.8) is 0 Å². The number of halogens is 1. The van der Waals surface area contributed by atoms with Crippen LogP contribution in [-0.4, -0.2) is 30.1 Å². The van der Waals surface area contributed by atoms with E-state index in [1.165, 1.54) is 0 Å². The molecule has 1 aromatic heterocycles. The number of carbonyl (C=O) groups excluding carboxylic acids is 2. The number of carbonyl (C=O) groups is 2. The molecule has 2 amide bonds. The van der Waals surface area contributed by atoms with Crippen LogP contribution >= 0.6 is 15.9 Å². The second-order valence-electron chi connectivity index (χ2n) is 5.66. The Hall–Kier alpha value is -2.80. The van der Waals surface area contributed by atoms with Gasteiger partial charge in [-0.15, -0.1) is 0 Å². The summed E-state index contributed by atoms with van der Waals surface area (Å²) in [6.45, 7) is 0.799. The molecule has 0 radical (unpaired) electrons. The molecule has 3 N–H and O–H groups in total. The molecular formula is C19H18BrN3O3. The Morgan fingerprint density at radius 3 is 2.58 bits per heavy atom. The van der Waals surface area contributed by atoms with Crippen molar-refractivity contribution in [1.29, 1.82) is 0 Å². The number of H-pyrrole nitrogens is 1. The van der Waals surface area contributed by atoms with E-state index in [0.717, 1.165) is 20.9 Å². The SMILES string of the molecule is O=C(NCCNC(=O)c1cc2cc(Br)ccc2[nH]1)OCc1ccccc1. The highest BCUT2D eigenvalue weighted by Gasteiger charge is 2.09. The summed E-state index contributed by atoms with van der Waals surface area (Å²) in [4.78, 5) is 26.8. The summed E-state index contributed by atoms with van der Waals surface area (Å²) in [5, 5.41) is 6.30. The van der Waals surface area contributed by atoms with Crippen molar-refractivity contribution in [1.82, 2.24) is 15.6 Å². The predicted octanol–water partition coefficient (Wildman–Crippen LogP) is 3.59. The van der Waals surface area contributed by atoms with Crippen LogP contribution in [0.25, 0.3) is 10.9 Å². The third-order valence-electron chi connectivity index (χ3n) is 3.72. The Morgan fingerprint density at radius 1 is 1.00 bits per heavy atom. The molecule has 0 fully saturated rings. The van der Waals surface area contributed by atoms with Crippen LogP contribution in [0.1, 0.15) is 16.1 Å². The molecular weight excluding hydrogens is 398 g/mol. The van der Waals surface area contributed by atoms with Crippen molar-refractivity contribution < 1.29 is 14.3 Å². The van der Waals surface area contributed by atoms with Crippen molar-refractivity contribution in [2.45, 2.75) is 6.61 Å². The van der Waals surface area contributed by atoms with Gasteiger partial charge in [-0.2, -0.15) is 0 Å². The lowest BCUT2D eigenvalue weighted by Crippen LogP contribution is -2.35. The van der Waals surface area contributed by atoms with E-state index < -0.39 is 6.09 Å². The van der Waals surface area contributed by atoms with Gasteiger partial charge in [0.1, 0.15) is 12.3 Å². The second-order valence-corrected chi connectivity index (χ2v) is 6.57. The number of ether oxygens (including phenoxy) is 1. The van der Waals surface area contributed by atoms with E-state index in [0.29, 0.717) is 12.2 Å². The molecule has 0 aliphatic carbocycles. The maximum Gasteiger partial charge on any atom is 0.407 e. The fourth-order valence-electron chi connectivity index (χ4n) is 2.44. The monoisotopic (exact) mass is 415 g/mol. The lowest BCUT2D eigenvalue weighted by atomic mass is 10.2. The standard InChI is InChI=1S/C19H18BrN3O3/c20-15-6-7-16-14(10-15)11-17(23-16)18(24)21-8-9-22-19(25)26-12-13-4-2-1-3-5-13/h1-7,10-11,23H,8-9,12H2,(H,21,24)(H,22,25). The molecule has 2 aromatic carbocycles. The van der Waals surface area contributed by atoms with Crippen LogP contribution in [0, 0.1) is 0 Å². The number of fused-ring (bicyclic) bond motifs is 1. The molecule has 0 unspecified atom stereocenters. The van der Waals surface area contributed by atoms with Crippen LogP contribution in [0.4, 0.5) is 4.79 Å². The van der Waals surface area contributed by atoms with Gasteiger partial charge in [0, 0.05) is 28.5 Å². The minimum Gasteiger partial charge on any atom is -0.445 e. The lowest BCUT2D eigenvalue weighted by molar-refractivity contribution is 0.0947. The van der Waals surface area contributed by atoms with Gasteiger partial charge in [-0.05, 0) is 29.8 Å². The summed E-state index contributed by atoms with van der Waals surface area (Å²) in [6.07, 6.45) is -0.515. The summed E-state index contributed by atoms with van der Waals surface area (Å²) in [6, 6.07) is 17.0. The Kier molecular flexibility index (Phi) is 5.91. The van der Waals surface area contributed by atoms with Crippen LogP contribution in [0.3, 0.4) is 0 Å². The van der Waals surface area contributed by atoms with E-state index in [1.807, 2.05) is 48.5 Å². The summed E-state index contributed by atoms with van der Waals surface area (Å²) in [5.41, 5.74) is 2.28. The van der Waals surface area contributed by atoms with Gasteiger partial charge in [0.15, 0.2) is 0 Å². The molecule has 0 spiro atoms. The van der Waals surface area contributed by atoms with Gasteiger partial charge < -0.3 is 20.4 Å². The Morgan fingerprint density at radius 2 is 1.77 bits per heavy atom. The van der Waals surface area contributed by atoms with E-state index >= 15 is 0 Å². The van der Waals surface area contributed by atoms with E-state index in [9.17, 15) is 9.59 Å². The fourth-order valence-corrected chi connectivity index (χ4v) is 2.81. The van der Waals surface area contributed by atoms with Crippen LogP contribution in [-0.2, 0) is 11.3 Å². The Labute approximate surface area is 159 Å². The summed E-state index contributed by atoms with van der Waals surface area (Å²) in [5.74, 6) is -0.225. The van der Waals surface area contributed by atoms with Crippen molar-refractivity contribution >= 4 is 38.8 Å². The third-order valence-corrected chi connectivity index (χ3v) is 4.21. The predicted molar refractivity (Wildman–Crippen MR) is 103 cm³/mol. The number of alkyl carbamates (subject to hydrolysis) is 1. The number of aromatic amines is 1. The van der Waals surface area contributed by atoms with Crippen LogP contribution in [0.2, 0.25) is 0 Å². The largest absolute Gasteiger partial charge is 0.445 e. The van der Waals surface area contributed by atoms with Crippen molar-refractivity contribution in [2.75, 3.05) is 13.1 Å². The molecule has 134 valence electrons. The molecule has 26 heavy (non-hydrogen) atoms. The zero-order valence-electron chi connectivity index (χ0n) is 13.9. The van der Waals surface area contributed by atoms with E-state index in [1.54, 1.807) is 6.07 Å². The van der Waals surface area contributed by atoms with Gasteiger partial charge in [0.2, 0.25) is 0 Å². The highest BCUT2D eigenvalue weighted by atomic mass is 79.9. The summed E-state index contributed by atoms with van der Waals surface area (Å²) >= 11 is 3.40. The first-order chi connectivity index (χ1) is 12.6. The van der Waals surface area contributed by atoms with Gasteiger partial charge in [-0.25, -0.2) is 4.79 Å². The molecule has 0 bridgehead atoms. The first kappa shape index (κ1) is 18.0. The number of nitrogens with one attached hydrogen (secondary N) is 3. The molecule has 3 aromatic rings.